The highest BCUT2D eigenvalue weighted by Gasteiger charge is 2.25. The van der Waals surface area contributed by atoms with Crippen LogP contribution >= 0.6 is 23.2 Å². The molecule has 0 unspecified atom stereocenters. The van der Waals surface area contributed by atoms with Crippen molar-refractivity contribution in [3.05, 3.63) is 32.3 Å². The molecule has 0 N–H and O–H groups in total. The topological polar surface area (TPSA) is 69.4 Å². The van der Waals surface area contributed by atoms with E-state index in [-0.39, 0.29) is 21.7 Å². The van der Waals surface area contributed by atoms with Crippen LogP contribution in [0.5, 0.6) is 5.75 Å². The lowest BCUT2D eigenvalue weighted by Gasteiger charge is -2.12. The van der Waals surface area contributed by atoms with Crippen molar-refractivity contribution >= 4 is 34.9 Å². The van der Waals surface area contributed by atoms with Gasteiger partial charge < -0.3 is 4.74 Å². The van der Waals surface area contributed by atoms with E-state index in [9.17, 15) is 14.9 Å². The molecule has 0 bridgehead atoms. The number of rotatable bonds is 5. The van der Waals surface area contributed by atoms with Crippen molar-refractivity contribution in [2.24, 2.45) is 5.92 Å². The highest BCUT2D eigenvalue weighted by Crippen LogP contribution is 2.38. The Hall–Kier alpha value is -1.33. The second-order valence-electron chi connectivity index (χ2n) is 3.93. The summed E-state index contributed by atoms with van der Waals surface area (Å²) in [7, 11) is 0. The first-order valence-electron chi connectivity index (χ1n) is 5.75. The van der Waals surface area contributed by atoms with E-state index in [4.69, 9.17) is 27.9 Å². The predicted octanol–water partition coefficient (Wildman–Crippen LogP) is 4.24. The van der Waals surface area contributed by atoms with Gasteiger partial charge in [-0.3, -0.25) is 14.9 Å². The van der Waals surface area contributed by atoms with Crippen LogP contribution in [0.25, 0.3) is 0 Å². The Bertz CT molecular complexity index is 501. The highest BCUT2D eigenvalue weighted by atomic mass is 35.5. The van der Waals surface area contributed by atoms with Crippen LogP contribution in [-0.2, 0) is 4.79 Å². The van der Waals surface area contributed by atoms with Gasteiger partial charge in [-0.05, 0) is 18.9 Å². The number of carbonyl (C=O) groups is 1. The number of hydrogen-bond donors (Lipinski definition) is 0. The minimum atomic E-state index is -0.687. The standard InChI is InChI=1S/C12H13Cl2NO4/c1-3-7(4-2)12(16)19-11-9(14)5-8(13)6-10(11)15(17)18/h5-7H,3-4H2,1-2H3. The average molecular weight is 306 g/mol. The summed E-state index contributed by atoms with van der Waals surface area (Å²) in [6.45, 7) is 3.68. The second-order valence-corrected chi connectivity index (χ2v) is 4.77. The molecule has 0 radical (unpaired) electrons. The molecule has 0 saturated heterocycles. The number of ether oxygens (including phenoxy) is 1. The first kappa shape index (κ1) is 15.7. The summed E-state index contributed by atoms with van der Waals surface area (Å²) in [5.41, 5.74) is -0.420. The lowest BCUT2D eigenvalue weighted by molar-refractivity contribution is -0.385. The zero-order chi connectivity index (χ0) is 14.6. The summed E-state index contributed by atoms with van der Waals surface area (Å²) in [4.78, 5) is 22.1. The SMILES string of the molecule is CCC(CC)C(=O)Oc1c(Cl)cc(Cl)cc1[N+](=O)[O-]. The van der Waals surface area contributed by atoms with Crippen molar-refractivity contribution in [1.29, 1.82) is 0 Å². The van der Waals surface area contributed by atoms with Crippen LogP contribution in [0.1, 0.15) is 26.7 Å². The average Bonchev–Trinajstić information content (AvgIpc) is 2.33. The van der Waals surface area contributed by atoms with Crippen LogP contribution in [0.4, 0.5) is 5.69 Å². The monoisotopic (exact) mass is 305 g/mol. The molecule has 0 aliphatic rings. The van der Waals surface area contributed by atoms with Gasteiger partial charge in [0, 0.05) is 11.1 Å². The largest absolute Gasteiger partial charge is 0.417 e. The van der Waals surface area contributed by atoms with E-state index in [0.29, 0.717) is 12.8 Å². The Morgan fingerprint density at radius 3 is 2.42 bits per heavy atom. The van der Waals surface area contributed by atoms with Gasteiger partial charge in [0.2, 0.25) is 5.75 Å². The quantitative estimate of drug-likeness (QED) is 0.353. The van der Waals surface area contributed by atoms with E-state index < -0.39 is 16.6 Å². The molecule has 1 rings (SSSR count). The van der Waals surface area contributed by atoms with Gasteiger partial charge in [-0.15, -0.1) is 0 Å². The summed E-state index contributed by atoms with van der Waals surface area (Å²) >= 11 is 11.5. The zero-order valence-corrected chi connectivity index (χ0v) is 12.0. The number of hydrogen-bond acceptors (Lipinski definition) is 4. The molecule has 0 spiro atoms. The van der Waals surface area contributed by atoms with E-state index in [0.717, 1.165) is 6.07 Å². The Morgan fingerprint density at radius 1 is 1.37 bits per heavy atom. The molecular weight excluding hydrogens is 293 g/mol. The van der Waals surface area contributed by atoms with Crippen LogP contribution in [0.2, 0.25) is 10.0 Å². The molecule has 0 heterocycles. The highest BCUT2D eigenvalue weighted by molar-refractivity contribution is 6.36. The summed E-state index contributed by atoms with van der Waals surface area (Å²) in [5.74, 6) is -1.10. The van der Waals surface area contributed by atoms with Gasteiger partial charge in [-0.1, -0.05) is 37.0 Å². The Kier molecular flexibility index (Phi) is 5.57. The van der Waals surface area contributed by atoms with Gasteiger partial charge in [0.05, 0.1) is 15.9 Å². The molecule has 0 saturated carbocycles. The maximum atomic E-state index is 11.9. The van der Waals surface area contributed by atoms with Crippen LogP contribution in [0, 0.1) is 16.0 Å². The van der Waals surface area contributed by atoms with Crippen LogP contribution in [-0.4, -0.2) is 10.9 Å². The molecule has 104 valence electrons. The summed E-state index contributed by atoms with van der Waals surface area (Å²) in [6.07, 6.45) is 1.18. The van der Waals surface area contributed by atoms with Crippen molar-refractivity contribution in [1.82, 2.24) is 0 Å². The third kappa shape index (κ3) is 3.81. The molecule has 0 aliphatic heterocycles. The van der Waals surface area contributed by atoms with E-state index in [1.165, 1.54) is 6.07 Å². The fourth-order valence-electron chi connectivity index (χ4n) is 1.59. The van der Waals surface area contributed by atoms with Crippen molar-refractivity contribution in [3.8, 4) is 5.75 Å². The Morgan fingerprint density at radius 2 is 1.95 bits per heavy atom. The third-order valence-corrected chi connectivity index (χ3v) is 3.21. The molecule has 0 aromatic heterocycles. The van der Waals surface area contributed by atoms with Crippen molar-refractivity contribution in [3.63, 3.8) is 0 Å². The van der Waals surface area contributed by atoms with E-state index in [1.807, 2.05) is 13.8 Å². The van der Waals surface area contributed by atoms with Crippen molar-refractivity contribution in [2.45, 2.75) is 26.7 Å². The lowest BCUT2D eigenvalue weighted by Crippen LogP contribution is -2.19. The number of benzene rings is 1. The van der Waals surface area contributed by atoms with E-state index in [2.05, 4.69) is 0 Å². The molecule has 0 fully saturated rings. The zero-order valence-electron chi connectivity index (χ0n) is 10.5. The number of halogens is 2. The lowest BCUT2D eigenvalue weighted by atomic mass is 10.0. The molecular formula is C12H13Cl2NO4. The summed E-state index contributed by atoms with van der Waals surface area (Å²) in [5, 5.41) is 11.0. The minimum Gasteiger partial charge on any atom is -0.417 e. The fraction of sp³-hybridized carbons (Fsp3) is 0.417. The minimum absolute atomic E-state index is 0.0569. The van der Waals surface area contributed by atoms with Crippen LogP contribution in [0.15, 0.2) is 12.1 Å². The number of carbonyl (C=O) groups excluding carboxylic acids is 1. The molecule has 19 heavy (non-hydrogen) atoms. The van der Waals surface area contributed by atoms with E-state index in [1.54, 1.807) is 0 Å². The maximum absolute atomic E-state index is 11.9. The molecule has 7 heteroatoms. The van der Waals surface area contributed by atoms with Gasteiger partial charge in [-0.25, -0.2) is 0 Å². The molecule has 1 aromatic carbocycles. The van der Waals surface area contributed by atoms with Gasteiger partial charge in [0.25, 0.3) is 0 Å². The number of nitro benzene ring substituents is 1. The van der Waals surface area contributed by atoms with Gasteiger partial charge in [0.1, 0.15) is 0 Å². The first-order valence-corrected chi connectivity index (χ1v) is 6.51. The smallest absolute Gasteiger partial charge is 0.314 e. The number of esters is 1. The number of nitrogens with zero attached hydrogens (tertiary/aromatic N) is 1. The summed E-state index contributed by atoms with van der Waals surface area (Å²) in [6, 6.07) is 2.40. The van der Waals surface area contributed by atoms with E-state index >= 15 is 0 Å². The van der Waals surface area contributed by atoms with Crippen LogP contribution in [0.3, 0.4) is 0 Å². The molecule has 5 nitrogen and oxygen atoms in total. The fourth-order valence-corrected chi connectivity index (χ4v) is 2.11. The number of nitro groups is 1. The first-order chi connectivity index (χ1) is 8.90. The Balaban J connectivity index is 3.13. The molecule has 0 atom stereocenters. The normalized spacial score (nSPS) is 10.6. The Labute approximate surface area is 120 Å². The van der Waals surface area contributed by atoms with Gasteiger partial charge >= 0.3 is 11.7 Å². The van der Waals surface area contributed by atoms with Gasteiger partial charge in [0.15, 0.2) is 0 Å². The van der Waals surface area contributed by atoms with Crippen molar-refractivity contribution in [2.75, 3.05) is 0 Å². The van der Waals surface area contributed by atoms with Crippen molar-refractivity contribution < 1.29 is 14.5 Å². The third-order valence-electron chi connectivity index (χ3n) is 2.71. The maximum Gasteiger partial charge on any atom is 0.314 e. The summed E-state index contributed by atoms with van der Waals surface area (Å²) < 4.78 is 5.07. The second kappa shape index (κ2) is 6.73. The molecule has 0 aliphatic carbocycles. The molecule has 0 amide bonds. The van der Waals surface area contributed by atoms with Gasteiger partial charge in [-0.2, -0.15) is 0 Å². The predicted molar refractivity (Wildman–Crippen MR) is 72.8 cm³/mol. The van der Waals surface area contributed by atoms with Crippen LogP contribution < -0.4 is 4.74 Å². The molecule has 1 aromatic rings.